The van der Waals surface area contributed by atoms with Crippen LogP contribution in [0, 0.1) is 0 Å². The molecule has 1 aliphatic carbocycles. The van der Waals surface area contributed by atoms with Crippen LogP contribution in [0.1, 0.15) is 40.5 Å². The fourth-order valence-corrected chi connectivity index (χ4v) is 9.32. The Balaban J connectivity index is 1.30. The number of aliphatic carboxylic acids is 1. The van der Waals surface area contributed by atoms with Gasteiger partial charge < -0.3 is 130 Å². The summed E-state index contributed by atoms with van der Waals surface area (Å²) in [4.78, 5) is 87.2. The summed E-state index contributed by atoms with van der Waals surface area (Å²) in [6, 6.07) is -5.26. The lowest BCUT2D eigenvalue weighted by molar-refractivity contribution is -0.377. The largest absolute Gasteiger partial charge is 0.479 e. The molecule has 1 saturated carbocycles. The lowest BCUT2D eigenvalue weighted by atomic mass is 9.85. The van der Waals surface area contributed by atoms with Crippen LogP contribution in [-0.4, -0.2) is 275 Å². The summed E-state index contributed by atoms with van der Waals surface area (Å²) in [6.07, 6.45) is -46.2. The summed E-state index contributed by atoms with van der Waals surface area (Å²) in [5.41, 5.74) is 2.47. The predicted molar refractivity (Wildman–Crippen MR) is 226 cm³/mol. The number of ketones is 2. The van der Waals surface area contributed by atoms with Crippen molar-refractivity contribution in [1.82, 2.24) is 16.0 Å². The van der Waals surface area contributed by atoms with Crippen LogP contribution in [0.2, 0.25) is 0 Å². The van der Waals surface area contributed by atoms with Gasteiger partial charge in [-0.05, 0) is 13.8 Å². The van der Waals surface area contributed by atoms with Crippen LogP contribution in [0.3, 0.4) is 0 Å². The number of hydrogen-bond acceptors (Lipinski definition) is 28. The highest BCUT2D eigenvalue weighted by atomic mass is 16.8. The number of nitrogens with two attached hydrogens (primary N) is 1. The Morgan fingerprint density at radius 2 is 1.16 bits per heavy atom. The summed E-state index contributed by atoms with van der Waals surface area (Å²) in [5, 5.41) is 137. The summed E-state index contributed by atoms with van der Waals surface area (Å²) in [7, 11) is 0. The smallest absolute Gasteiger partial charge is 0.404 e. The summed E-state index contributed by atoms with van der Waals surface area (Å²) in [5.74, 6) is -6.15. The molecule has 4 amide bonds. The van der Waals surface area contributed by atoms with Crippen LogP contribution < -0.4 is 21.7 Å². The van der Waals surface area contributed by atoms with Crippen molar-refractivity contribution in [1.29, 1.82) is 0 Å². The van der Waals surface area contributed by atoms with Crippen LogP contribution in [0.15, 0.2) is 0 Å². The van der Waals surface area contributed by atoms with Gasteiger partial charge in [-0.2, -0.15) is 0 Å². The quantitative estimate of drug-likeness (QED) is 0.0638. The van der Waals surface area contributed by atoms with Crippen LogP contribution >= 0.6 is 0 Å². The minimum absolute atomic E-state index is 0.170. The SMILES string of the molecule is CC(=O)N[C@H]1[C@H](O[C@H]2[C@H](O)[C@@H](NC(C)=O)[C@H](OC3C(O)O[C@H](C(=O)O)[C@@](C)(O)[C@@H]3OC(N)=O)O[C@@H]2CO[C@@H]2O[C@H](CO)[C@@H](O)[C@H](O)[C@H]2O)O[C@H](C)[C@@H](O[C@@H]2O[C@H](C(=O)NC3C(=O)CCC3=O)[C@H](O)[C@H](O)[C@H]2O)[C@@H]1O. The fraction of sp³-hybridized carbons (Fsp3) is 0.829. The van der Waals surface area contributed by atoms with Crippen molar-refractivity contribution in [2.24, 2.45) is 5.73 Å². The molecule has 33 nitrogen and oxygen atoms in total. The first-order valence-corrected chi connectivity index (χ1v) is 23.0. The highest BCUT2D eigenvalue weighted by Gasteiger charge is 2.61. The fourth-order valence-electron chi connectivity index (χ4n) is 9.32. The molecule has 74 heavy (non-hydrogen) atoms. The number of amides is 4. The number of aliphatic hydroxyl groups excluding tert-OH is 10. The van der Waals surface area contributed by atoms with E-state index in [2.05, 4.69) is 16.0 Å². The molecule has 420 valence electrons. The number of nitrogens with one attached hydrogen (secondary N) is 3. The van der Waals surface area contributed by atoms with Gasteiger partial charge in [0.1, 0.15) is 97.0 Å². The number of hydrogen-bond donors (Lipinski definition) is 16. The van der Waals surface area contributed by atoms with Gasteiger partial charge in [-0.15, -0.1) is 0 Å². The number of carbonyl (C=O) groups is 7. The van der Waals surface area contributed by atoms with Gasteiger partial charge in [0.15, 0.2) is 67.4 Å². The number of carboxylic acids is 1. The van der Waals surface area contributed by atoms with Gasteiger partial charge in [0.05, 0.1) is 19.3 Å². The Morgan fingerprint density at radius 3 is 1.72 bits per heavy atom. The number of primary amides is 1. The first-order chi connectivity index (χ1) is 34.6. The average Bonchev–Trinajstić information content (AvgIpc) is 3.63. The Hall–Kier alpha value is -4.31. The van der Waals surface area contributed by atoms with Crippen molar-refractivity contribution >= 4 is 41.4 Å². The second-order valence-corrected chi connectivity index (χ2v) is 18.6. The zero-order chi connectivity index (χ0) is 55.0. The predicted octanol–water partition coefficient (Wildman–Crippen LogP) is -10.6. The van der Waals surface area contributed by atoms with E-state index in [-0.39, 0.29) is 12.8 Å². The van der Waals surface area contributed by atoms with Crippen LogP contribution in [0.25, 0.3) is 0 Å². The van der Waals surface area contributed by atoms with Crippen molar-refractivity contribution in [3.8, 4) is 0 Å². The van der Waals surface area contributed by atoms with Gasteiger partial charge in [0.25, 0.3) is 5.91 Å². The van der Waals surface area contributed by atoms with E-state index in [4.69, 9.17) is 53.1 Å². The molecule has 5 heterocycles. The maximum Gasteiger partial charge on any atom is 0.404 e. The summed E-state index contributed by atoms with van der Waals surface area (Å²) in [6.45, 7) is 2.17. The minimum atomic E-state index is -2.74. The van der Waals surface area contributed by atoms with Crippen molar-refractivity contribution in [2.75, 3.05) is 13.2 Å². The third-order valence-corrected chi connectivity index (χ3v) is 13.2. The third kappa shape index (κ3) is 12.4. The molecule has 5 aliphatic heterocycles. The molecule has 0 aromatic rings. The Morgan fingerprint density at radius 1 is 0.649 bits per heavy atom. The average molecular weight is 1070 g/mol. The molecule has 6 aliphatic rings. The molecular weight excluding hydrogens is 1010 g/mol. The first kappa shape index (κ1) is 58.9. The lowest BCUT2D eigenvalue weighted by Crippen LogP contribution is -2.72. The molecule has 0 aromatic carbocycles. The molecule has 0 spiro atoms. The number of carboxylic acid groups (broad SMARTS) is 1. The zero-order valence-electron chi connectivity index (χ0n) is 39.6. The number of Topliss-reactive ketones (excluding diaryl/α,β-unsaturated/α-hetero) is 2. The second-order valence-electron chi connectivity index (χ2n) is 18.6. The molecule has 6 fully saturated rings. The highest BCUT2D eigenvalue weighted by molar-refractivity contribution is 6.14. The van der Waals surface area contributed by atoms with Gasteiger partial charge in [0, 0.05) is 26.7 Å². The minimum Gasteiger partial charge on any atom is -0.479 e. The molecule has 17 N–H and O–H groups in total. The second kappa shape index (κ2) is 23.9. The van der Waals surface area contributed by atoms with Gasteiger partial charge in [-0.3, -0.25) is 24.0 Å². The number of rotatable bonds is 16. The van der Waals surface area contributed by atoms with E-state index in [1.807, 2.05) is 0 Å². The van der Waals surface area contributed by atoms with E-state index < -0.39 is 214 Å². The Labute approximate surface area is 417 Å². The molecular formula is C41H62N4O29. The number of aliphatic hydroxyl groups is 11. The van der Waals surface area contributed by atoms with Gasteiger partial charge >= 0.3 is 12.1 Å². The standard InChI is InChI=1S/C41H62N4O29/c1-9-27(69-39-26(58)23(55)24(56)29(71-39)33(59)45-16-12(49)5-6-13(16)50)20(52)17(43-10(2)47)36(66-9)70-28-15(8-65-38-25(57)22(54)19(51)14(7-46)67-38)68-37(18(21(28)53)44-11(3)48)72-30-31(74-40(42)63)41(4,64)32(34(60)61)73-35(30)62/h9,14-32,35-39,46,51-58,62,64H,5-8H2,1-4H3,(H2,42,63)(H,43,47)(H,44,48)(H,45,59)(H,60,61)/t9-,14-,15-,17-,18-,19-,20-,21-,22+,23+,24-,25-,26-,27-,28-,29+,30?,31-,32-,35?,36+,37+,38-,39-,41+/m1/s1. The number of ether oxygens (including phenoxy) is 10. The van der Waals surface area contributed by atoms with Crippen LogP contribution in [0.4, 0.5) is 4.79 Å². The van der Waals surface area contributed by atoms with E-state index in [0.29, 0.717) is 0 Å². The third-order valence-electron chi connectivity index (χ3n) is 13.2. The number of carbonyl (C=O) groups excluding carboxylic acids is 6. The lowest BCUT2D eigenvalue weighted by Gasteiger charge is -2.51. The van der Waals surface area contributed by atoms with Crippen LogP contribution in [-0.2, 0) is 76.1 Å². The summed E-state index contributed by atoms with van der Waals surface area (Å²) >= 11 is 0. The van der Waals surface area contributed by atoms with Crippen molar-refractivity contribution in [2.45, 2.75) is 199 Å². The molecule has 0 bridgehead atoms. The maximum atomic E-state index is 13.2. The van der Waals surface area contributed by atoms with Crippen LogP contribution in [0.5, 0.6) is 0 Å². The Bertz CT molecular complexity index is 2040. The molecule has 0 radical (unpaired) electrons. The maximum absolute atomic E-state index is 13.2. The molecule has 0 aromatic heterocycles. The highest BCUT2D eigenvalue weighted by Crippen LogP contribution is 2.38. The van der Waals surface area contributed by atoms with Crippen molar-refractivity contribution in [3.05, 3.63) is 0 Å². The summed E-state index contributed by atoms with van der Waals surface area (Å²) < 4.78 is 56.9. The molecule has 5 saturated heterocycles. The van der Waals surface area contributed by atoms with Gasteiger partial charge in [-0.1, -0.05) is 0 Å². The monoisotopic (exact) mass is 1070 g/mol. The van der Waals surface area contributed by atoms with E-state index in [1.54, 1.807) is 0 Å². The zero-order valence-corrected chi connectivity index (χ0v) is 39.6. The van der Waals surface area contributed by atoms with Gasteiger partial charge in [0.2, 0.25) is 11.8 Å². The van der Waals surface area contributed by atoms with E-state index >= 15 is 0 Å². The van der Waals surface area contributed by atoms with Gasteiger partial charge in [-0.25, -0.2) is 9.59 Å². The van der Waals surface area contributed by atoms with E-state index in [0.717, 1.165) is 20.8 Å². The molecule has 2 unspecified atom stereocenters. The Kier molecular flexibility index (Phi) is 19.1. The van der Waals surface area contributed by atoms with Crippen molar-refractivity contribution in [3.63, 3.8) is 0 Å². The topological polar surface area (TPSA) is 517 Å². The molecule has 25 atom stereocenters. The van der Waals surface area contributed by atoms with Crippen molar-refractivity contribution < 1.29 is 142 Å². The molecule has 33 heteroatoms. The normalized spacial score (nSPS) is 45.1. The molecule has 6 rings (SSSR count). The first-order valence-electron chi connectivity index (χ1n) is 23.0. The van der Waals surface area contributed by atoms with E-state index in [1.165, 1.54) is 6.92 Å². The van der Waals surface area contributed by atoms with E-state index in [9.17, 15) is 94.8 Å².